The minimum absolute atomic E-state index is 0. The number of ketones is 1. The lowest BCUT2D eigenvalue weighted by atomic mass is 9.80. The van der Waals surface area contributed by atoms with E-state index in [4.69, 9.17) is 4.74 Å². The lowest BCUT2D eigenvalue weighted by Gasteiger charge is -2.32. The Morgan fingerprint density at radius 3 is 1.10 bits per heavy atom. The van der Waals surface area contributed by atoms with Crippen molar-refractivity contribution in [2.45, 2.75) is 448 Å². The standard InChI is InChI=1S/C12H16N2O.C12H15NO.C10H18N2O.C10H18N2.2C9H17NO.C8H16N2O.C8H15NO.C7H12N2O.C7H13NO2.6C2H6.9CH4/c1-12(2,3)10-9-7-5-6-8-14(9)13(4)11(10)15;1-12(2,3)13-8-9-6-4-5-7-10(9)11(13)14;1-7-8(10(2,3)4)9(13)12(6)11(7)5;1-8-7-9(10(2,3)4)12(6)11(8)5;1-9(2,3)8-7(11)5-6-10(8)4;1-9(2,3)7-5-6-10(4)8(7)11;1-8(2,3)10-6-5-9(4)7(10)11;1-8(2,3)9-6-4-5-7(9)10;1-7(2,3)9-6(10)4-5-8-9;1-7(2,3)8-4-5-10-6(8)9;6*1-2;;;;;;;;;/h5-8H,1-4H3;4-7H,8H2,1-3H3;1-6H3;7H,1H2,2-6H3;8H,5-6H2,1-4H3;7H,5-6H2,1-4H3;5-6H2,1-4H3;4-6H2,1-3H3;5H,4H2,1-3H3;4-5H2,1-3H3;6*1-2H3;9*1H4. The van der Waals surface area contributed by atoms with Crippen molar-refractivity contribution in [2.75, 3.05) is 81.1 Å². The molecule has 7 amide bonds. The summed E-state index contributed by atoms with van der Waals surface area (Å²) < 4.78 is 11.9. The predicted octanol–water partition coefficient (Wildman–Crippen LogP) is 27.4. The highest BCUT2D eigenvalue weighted by atomic mass is 16.6. The topological polar surface area (TPSA) is 227 Å². The Bertz CT molecular complexity index is 4200. The van der Waals surface area contributed by atoms with E-state index in [9.17, 15) is 43.2 Å². The molecule has 3 aromatic heterocycles. The number of likely N-dealkylation sites (tertiary alicyclic amines) is 3. The molecule has 25 heteroatoms. The molecule has 0 radical (unpaired) electrons. The predicted molar refractivity (Wildman–Crippen MR) is 606 cm³/mol. The third kappa shape index (κ3) is 47.9. The lowest BCUT2D eigenvalue weighted by molar-refractivity contribution is -0.133. The summed E-state index contributed by atoms with van der Waals surface area (Å²) in [4.78, 5) is 116. The van der Waals surface area contributed by atoms with Crippen LogP contribution in [0.5, 0.6) is 0 Å². The fraction of sp³-hybridized carbons (Fsp3) is 0.752. The average Bonchev–Trinajstić information content (AvgIpc) is 1.60. The van der Waals surface area contributed by atoms with E-state index in [0.29, 0.717) is 30.6 Å². The van der Waals surface area contributed by atoms with Crippen LogP contribution in [0.2, 0.25) is 0 Å². The van der Waals surface area contributed by atoms with Gasteiger partial charge in [0, 0.05) is 175 Å². The number of aromatic nitrogens is 4. The summed E-state index contributed by atoms with van der Waals surface area (Å²) >= 11 is 0. The number of fused-ring (bicyclic) bond motifs is 2. The number of Topliss-reactive ketones (excluding diaryl/α,β-unsaturated/α-hetero) is 1. The first-order valence-corrected chi connectivity index (χ1v) is 47.7. The summed E-state index contributed by atoms with van der Waals surface area (Å²) in [6.07, 6.45) is 9.51. The second-order valence-electron chi connectivity index (χ2n) is 42.1. The van der Waals surface area contributed by atoms with Crippen LogP contribution < -0.4 is 11.1 Å². The van der Waals surface area contributed by atoms with Gasteiger partial charge in [-0.3, -0.25) is 67.3 Å². The van der Waals surface area contributed by atoms with Crippen molar-refractivity contribution in [3.05, 3.63) is 121 Å². The van der Waals surface area contributed by atoms with E-state index < -0.39 is 0 Å². The highest BCUT2D eigenvalue weighted by Gasteiger charge is 2.41. The molecule has 25 nitrogen and oxygen atoms in total. The van der Waals surface area contributed by atoms with Gasteiger partial charge in [-0.05, 0) is 182 Å². The van der Waals surface area contributed by atoms with Gasteiger partial charge >= 0.3 is 12.1 Å². The fourth-order valence-electron chi connectivity index (χ4n) is 15.0. The number of ether oxygens (including phenoxy) is 1. The first-order chi connectivity index (χ1) is 58.9. The molecule has 816 valence electrons. The summed E-state index contributed by atoms with van der Waals surface area (Å²) in [6, 6.07) is 14.0. The van der Waals surface area contributed by atoms with Crippen molar-refractivity contribution >= 4 is 53.3 Å². The second kappa shape index (κ2) is 67.8. The van der Waals surface area contributed by atoms with Crippen molar-refractivity contribution in [2.24, 2.45) is 48.4 Å². The van der Waals surface area contributed by atoms with Crippen LogP contribution in [0, 0.1) is 29.1 Å². The number of amides is 7. The van der Waals surface area contributed by atoms with Gasteiger partial charge in [-0.15, -0.1) is 0 Å². The number of hydrogen-bond donors (Lipinski definition) is 0. The van der Waals surface area contributed by atoms with E-state index in [2.05, 4.69) is 206 Å². The number of benzene rings is 1. The van der Waals surface area contributed by atoms with Crippen LogP contribution in [-0.4, -0.2) is 230 Å². The Kier molecular flexibility index (Phi) is 77.5. The molecule has 2 unspecified atom stereocenters. The molecule has 8 aliphatic rings. The van der Waals surface area contributed by atoms with Gasteiger partial charge in [0.25, 0.3) is 17.0 Å². The molecule has 138 heavy (non-hydrogen) atoms. The number of urea groups is 1. The molecule has 1 aromatic carbocycles. The molecule has 8 aliphatic heterocycles. The number of nitrogens with zero attached hydrogens (tertiary/aromatic N) is 15. The molecule has 4 aromatic rings. The quantitative estimate of drug-likeness (QED) is 0.160. The van der Waals surface area contributed by atoms with E-state index in [1.165, 1.54) is 10.7 Å². The summed E-state index contributed by atoms with van der Waals surface area (Å²) in [5, 5.41) is 9.66. The van der Waals surface area contributed by atoms with Gasteiger partial charge in [0.1, 0.15) is 6.61 Å². The molecule has 0 aliphatic carbocycles. The van der Waals surface area contributed by atoms with Crippen LogP contribution in [0.15, 0.2) is 87.4 Å². The summed E-state index contributed by atoms with van der Waals surface area (Å²) in [6.45, 7) is 98.8. The Morgan fingerprint density at radius 2 is 0.862 bits per heavy atom. The number of allylic oxidation sites excluding steroid dienone is 2. The van der Waals surface area contributed by atoms with E-state index in [1.54, 1.807) is 39.5 Å². The maximum absolute atomic E-state index is 12.1. The summed E-state index contributed by atoms with van der Waals surface area (Å²) in [5.74, 6) is 1.53. The maximum atomic E-state index is 12.1. The zero-order valence-electron chi connectivity index (χ0n) is 92.1. The van der Waals surface area contributed by atoms with Crippen molar-refractivity contribution in [1.29, 1.82) is 0 Å². The number of hydrazone groups is 1. The van der Waals surface area contributed by atoms with E-state index >= 15 is 0 Å². The van der Waals surface area contributed by atoms with Gasteiger partial charge in [-0.25, -0.2) is 19.3 Å². The summed E-state index contributed by atoms with van der Waals surface area (Å²) in [5.41, 5.74) is 8.36. The van der Waals surface area contributed by atoms with Crippen molar-refractivity contribution in [3.8, 4) is 0 Å². The van der Waals surface area contributed by atoms with Crippen molar-refractivity contribution in [3.63, 3.8) is 0 Å². The Labute approximate surface area is 853 Å². The number of likely N-dealkylation sites (N-methyl/N-ethyl adjacent to an activating group) is 3. The van der Waals surface area contributed by atoms with E-state index in [0.717, 1.165) is 111 Å². The van der Waals surface area contributed by atoms with Gasteiger partial charge in [-0.1, -0.05) is 285 Å². The minimum atomic E-state index is -0.187. The minimum Gasteiger partial charge on any atom is -0.448 e. The van der Waals surface area contributed by atoms with Crippen LogP contribution >= 0.6 is 0 Å². The fourth-order valence-corrected chi connectivity index (χ4v) is 15.0. The monoisotopic (exact) mass is 1960 g/mol. The van der Waals surface area contributed by atoms with Crippen molar-refractivity contribution < 1.29 is 38.3 Å². The third-order valence-electron chi connectivity index (χ3n) is 21.7. The van der Waals surface area contributed by atoms with Crippen LogP contribution in [0.25, 0.3) is 5.52 Å². The molecule has 0 spiro atoms. The van der Waals surface area contributed by atoms with Crippen molar-refractivity contribution in [1.82, 2.24) is 67.9 Å². The molecule has 5 saturated heterocycles. The van der Waals surface area contributed by atoms with E-state index in [-0.39, 0.29) is 169 Å². The van der Waals surface area contributed by atoms with Gasteiger partial charge in [0.2, 0.25) is 17.7 Å². The number of aryl methyl sites for hydroxylation is 1. The van der Waals surface area contributed by atoms with E-state index in [1.807, 2.05) is 244 Å². The van der Waals surface area contributed by atoms with Gasteiger partial charge < -0.3 is 29.2 Å². The highest BCUT2D eigenvalue weighted by molar-refractivity contribution is 5.98. The first kappa shape index (κ1) is 158. The van der Waals surface area contributed by atoms with Gasteiger partial charge in [-0.2, -0.15) is 5.10 Å². The van der Waals surface area contributed by atoms with Crippen LogP contribution in [-0.2, 0) is 62.4 Å². The summed E-state index contributed by atoms with van der Waals surface area (Å²) in [7, 11) is 15.3. The molecule has 2 atom stereocenters. The Morgan fingerprint density at radius 1 is 0.420 bits per heavy atom. The highest BCUT2D eigenvalue weighted by Crippen LogP contribution is 2.37. The molecular weight excluding hydrogens is 1730 g/mol. The number of rotatable bonds is 0. The number of pyridine rings is 1. The van der Waals surface area contributed by atoms with Crippen LogP contribution in [0.1, 0.15) is 422 Å². The number of carbonyl (C=O) groups is 7. The maximum Gasteiger partial charge on any atom is 0.410 e. The molecule has 0 bridgehead atoms. The number of hydrazine groups is 1. The normalized spacial score (nSPS) is 16.1. The largest absolute Gasteiger partial charge is 0.448 e. The van der Waals surface area contributed by atoms with Crippen LogP contribution in [0.4, 0.5) is 9.59 Å². The Hall–Kier alpha value is -8.48. The first-order valence-electron chi connectivity index (χ1n) is 47.7. The number of hydrogen-bond acceptors (Lipinski definition) is 14. The molecule has 0 N–H and O–H groups in total. The van der Waals surface area contributed by atoms with Gasteiger partial charge in [0.05, 0.1) is 35.8 Å². The molecule has 12 rings (SSSR count). The molecule has 11 heterocycles. The number of carbonyl (C=O) groups excluding carboxylic acids is 7. The molecular formula is C113H229N15O10. The number of cyclic esters (lactones) is 1. The smallest absolute Gasteiger partial charge is 0.410 e. The lowest BCUT2D eigenvalue weighted by Crippen LogP contribution is -2.43. The zero-order valence-corrected chi connectivity index (χ0v) is 92.1. The second-order valence-corrected chi connectivity index (χ2v) is 42.1. The zero-order chi connectivity index (χ0) is 103. The molecule has 5 fully saturated rings. The van der Waals surface area contributed by atoms with Gasteiger partial charge in [0.15, 0.2) is 5.78 Å². The van der Waals surface area contributed by atoms with Crippen LogP contribution in [0.3, 0.4) is 0 Å². The average molecular weight is 1960 g/mol. The SMILES string of the molecule is C.C.C.C.C.C.C.C.C.C=C1C=C(C(C)(C)C)N(C)N1C.CC.CC.CC.CC.CC.CC.CC(C)(C)N1CCCC1=O.CC(C)(C)N1CCOC1=O.CC(C)(C)N1Cc2ccccc2C1=O.CC(C)(C)N1N=CCC1=O.CN1CCC(=O)C1C(C)(C)C.CN1CCC(C(C)(C)C)C1=O.CN1CCN(C(C)(C)C)C1=O.Cc1c(C(C)(C)C)c(=O)n(C)n1C.Cn1c(=O)c(C(C)(C)C)c2ccccn21. The Balaban J connectivity index is -0.000000112. The molecule has 0 saturated carbocycles. The third-order valence-corrected chi connectivity index (χ3v) is 21.7.